The Bertz CT molecular complexity index is 284. The van der Waals surface area contributed by atoms with Crippen molar-refractivity contribution >= 4 is 12.9 Å². The first-order valence-corrected chi connectivity index (χ1v) is 7.15. The quantitative estimate of drug-likeness (QED) is 0.415. The summed E-state index contributed by atoms with van der Waals surface area (Å²) in [4.78, 5) is 20.4. The predicted molar refractivity (Wildman–Crippen MR) is 74.3 cm³/mol. The molecule has 0 heterocycles. The Morgan fingerprint density at radius 3 is 1.81 bits per heavy atom. The fourth-order valence-electron chi connectivity index (χ4n) is 2.15. The van der Waals surface area contributed by atoms with Crippen molar-refractivity contribution in [1.82, 2.24) is 0 Å². The number of aliphatic hydroxyl groups is 3. The predicted octanol–water partition coefficient (Wildman–Crippen LogP) is 0.143. The van der Waals surface area contributed by atoms with Gasteiger partial charge in [-0.15, -0.1) is 0 Å². The van der Waals surface area contributed by atoms with Gasteiger partial charge >= 0.3 is 0 Å². The average molecular weight is 306 g/mol. The van der Waals surface area contributed by atoms with Gasteiger partial charge in [0, 0.05) is 12.8 Å². The topological polar surface area (TPSA) is 113 Å². The van der Waals surface area contributed by atoms with Crippen molar-refractivity contribution in [2.45, 2.75) is 76.5 Å². The highest BCUT2D eigenvalue weighted by Crippen LogP contribution is 2.15. The zero-order valence-electron chi connectivity index (χ0n) is 12.6. The standard InChI is InChI=1S/C14H26O7/c1-3-14(21-9-16)7-13(19)6-12(18)5-11(17)4-10(2)20-8-15/h8-14,17-19H,3-7H2,1-2H3. The van der Waals surface area contributed by atoms with Crippen LogP contribution in [0, 0.1) is 0 Å². The van der Waals surface area contributed by atoms with Gasteiger partial charge < -0.3 is 24.8 Å². The van der Waals surface area contributed by atoms with Crippen LogP contribution in [0.1, 0.15) is 46.0 Å². The first-order valence-electron chi connectivity index (χ1n) is 7.15. The van der Waals surface area contributed by atoms with Crippen molar-refractivity contribution in [3.05, 3.63) is 0 Å². The second-order valence-corrected chi connectivity index (χ2v) is 5.21. The maximum atomic E-state index is 10.3. The molecule has 0 rings (SSSR count). The molecule has 0 aliphatic carbocycles. The van der Waals surface area contributed by atoms with E-state index in [1.54, 1.807) is 6.92 Å². The minimum atomic E-state index is -0.882. The van der Waals surface area contributed by atoms with Gasteiger partial charge in [-0.25, -0.2) is 0 Å². The molecule has 0 saturated carbocycles. The Balaban J connectivity index is 4.02. The van der Waals surface area contributed by atoms with E-state index in [1.165, 1.54) is 0 Å². The summed E-state index contributed by atoms with van der Waals surface area (Å²) in [5, 5.41) is 29.4. The van der Waals surface area contributed by atoms with Gasteiger partial charge in [0.15, 0.2) is 0 Å². The van der Waals surface area contributed by atoms with Gasteiger partial charge in [-0.2, -0.15) is 0 Å². The van der Waals surface area contributed by atoms with Crippen LogP contribution in [-0.2, 0) is 19.1 Å². The maximum absolute atomic E-state index is 10.3. The van der Waals surface area contributed by atoms with Gasteiger partial charge in [-0.3, -0.25) is 9.59 Å². The van der Waals surface area contributed by atoms with E-state index < -0.39 is 24.4 Å². The Morgan fingerprint density at radius 1 is 0.857 bits per heavy atom. The summed E-state index contributed by atoms with van der Waals surface area (Å²) in [6.45, 7) is 4.13. The van der Waals surface area contributed by atoms with E-state index >= 15 is 0 Å². The molecule has 0 aromatic carbocycles. The third-order valence-electron chi connectivity index (χ3n) is 3.22. The maximum Gasteiger partial charge on any atom is 0.293 e. The van der Waals surface area contributed by atoms with Gasteiger partial charge in [0.2, 0.25) is 0 Å². The number of rotatable bonds is 13. The van der Waals surface area contributed by atoms with Gasteiger partial charge in [-0.1, -0.05) is 6.92 Å². The molecule has 0 aromatic heterocycles. The first-order chi connectivity index (χ1) is 9.92. The number of aliphatic hydroxyl groups excluding tert-OH is 3. The first kappa shape index (κ1) is 19.8. The average Bonchev–Trinajstić information content (AvgIpc) is 2.37. The van der Waals surface area contributed by atoms with Crippen molar-refractivity contribution in [3.8, 4) is 0 Å². The number of carbonyl (C=O) groups is 2. The molecule has 124 valence electrons. The summed E-state index contributed by atoms with van der Waals surface area (Å²) in [5.41, 5.74) is 0. The Hall–Kier alpha value is -1.18. The summed E-state index contributed by atoms with van der Waals surface area (Å²) < 4.78 is 9.43. The summed E-state index contributed by atoms with van der Waals surface area (Å²) in [7, 11) is 0. The number of hydrogen-bond donors (Lipinski definition) is 3. The van der Waals surface area contributed by atoms with E-state index in [4.69, 9.17) is 4.74 Å². The fraction of sp³-hybridized carbons (Fsp3) is 0.857. The van der Waals surface area contributed by atoms with E-state index in [-0.39, 0.29) is 31.8 Å². The molecule has 0 radical (unpaired) electrons. The van der Waals surface area contributed by atoms with Crippen LogP contribution >= 0.6 is 0 Å². The second kappa shape index (κ2) is 11.5. The van der Waals surface area contributed by atoms with Crippen LogP contribution in [0.2, 0.25) is 0 Å². The minimum absolute atomic E-state index is 0.0783. The zero-order chi connectivity index (χ0) is 16.3. The molecule has 0 bridgehead atoms. The van der Waals surface area contributed by atoms with Crippen molar-refractivity contribution < 1.29 is 34.4 Å². The molecule has 0 aliphatic rings. The highest BCUT2D eigenvalue weighted by atomic mass is 16.5. The van der Waals surface area contributed by atoms with E-state index in [0.717, 1.165) is 0 Å². The molecule has 0 fully saturated rings. The van der Waals surface area contributed by atoms with Gasteiger partial charge in [-0.05, 0) is 26.2 Å². The highest BCUT2D eigenvalue weighted by Gasteiger charge is 2.20. The number of hydrogen-bond acceptors (Lipinski definition) is 7. The zero-order valence-corrected chi connectivity index (χ0v) is 12.6. The van der Waals surface area contributed by atoms with E-state index in [2.05, 4.69) is 4.74 Å². The molecule has 21 heavy (non-hydrogen) atoms. The molecule has 0 aromatic rings. The van der Waals surface area contributed by atoms with E-state index in [1.807, 2.05) is 6.92 Å². The molecular formula is C14H26O7. The van der Waals surface area contributed by atoms with Crippen LogP contribution in [0.15, 0.2) is 0 Å². The Labute approximate surface area is 124 Å². The molecule has 5 atom stereocenters. The van der Waals surface area contributed by atoms with Crippen molar-refractivity contribution in [2.75, 3.05) is 0 Å². The summed E-state index contributed by atoms with van der Waals surface area (Å²) >= 11 is 0. The third-order valence-corrected chi connectivity index (χ3v) is 3.22. The number of ether oxygens (including phenoxy) is 2. The van der Waals surface area contributed by atoms with Crippen LogP contribution in [0.5, 0.6) is 0 Å². The van der Waals surface area contributed by atoms with Gasteiger partial charge in [0.25, 0.3) is 12.9 Å². The lowest BCUT2D eigenvalue weighted by atomic mass is 9.99. The van der Waals surface area contributed by atoms with Crippen LogP contribution in [0.25, 0.3) is 0 Å². The molecule has 7 nitrogen and oxygen atoms in total. The van der Waals surface area contributed by atoms with Crippen molar-refractivity contribution in [2.24, 2.45) is 0 Å². The van der Waals surface area contributed by atoms with Crippen LogP contribution < -0.4 is 0 Å². The third kappa shape index (κ3) is 10.2. The lowest BCUT2D eigenvalue weighted by Gasteiger charge is -2.22. The lowest BCUT2D eigenvalue weighted by molar-refractivity contribution is -0.135. The smallest absolute Gasteiger partial charge is 0.293 e. The van der Waals surface area contributed by atoms with Gasteiger partial charge in [0.1, 0.15) is 12.2 Å². The molecule has 0 saturated heterocycles. The molecule has 3 N–H and O–H groups in total. The molecule has 7 heteroatoms. The van der Waals surface area contributed by atoms with Crippen molar-refractivity contribution in [1.29, 1.82) is 0 Å². The van der Waals surface area contributed by atoms with Gasteiger partial charge in [0.05, 0.1) is 18.3 Å². The molecule has 0 aliphatic heterocycles. The summed E-state index contributed by atoms with van der Waals surface area (Å²) in [6, 6.07) is 0. The van der Waals surface area contributed by atoms with Crippen LogP contribution in [-0.4, -0.2) is 58.8 Å². The summed E-state index contributed by atoms with van der Waals surface area (Å²) in [6.07, 6.45) is -2.13. The normalized spacial score (nSPS) is 18.1. The monoisotopic (exact) mass is 306 g/mol. The largest absolute Gasteiger partial charge is 0.465 e. The molecule has 0 spiro atoms. The highest BCUT2D eigenvalue weighted by molar-refractivity contribution is 5.37. The number of carbonyl (C=O) groups excluding carboxylic acids is 2. The van der Waals surface area contributed by atoms with E-state index in [0.29, 0.717) is 19.4 Å². The summed E-state index contributed by atoms with van der Waals surface area (Å²) in [5.74, 6) is 0. The van der Waals surface area contributed by atoms with Crippen molar-refractivity contribution in [3.63, 3.8) is 0 Å². The van der Waals surface area contributed by atoms with Crippen LogP contribution in [0.3, 0.4) is 0 Å². The van der Waals surface area contributed by atoms with E-state index in [9.17, 15) is 24.9 Å². The molecule has 5 unspecified atom stereocenters. The second-order valence-electron chi connectivity index (χ2n) is 5.21. The molecular weight excluding hydrogens is 280 g/mol. The lowest BCUT2D eigenvalue weighted by Crippen LogP contribution is -2.28. The SMILES string of the molecule is CCC(CC(O)CC(O)CC(O)CC(C)OC=O)OC=O. The fourth-order valence-corrected chi connectivity index (χ4v) is 2.15. The Kier molecular flexibility index (Phi) is 10.8. The molecule has 0 amide bonds. The van der Waals surface area contributed by atoms with Crippen LogP contribution in [0.4, 0.5) is 0 Å². The minimum Gasteiger partial charge on any atom is -0.465 e. The Morgan fingerprint density at radius 2 is 1.33 bits per heavy atom.